The summed E-state index contributed by atoms with van der Waals surface area (Å²) < 4.78 is 0. The molecule has 1 nitrogen and oxygen atoms in total. The molecule has 1 rings (SSSR count). The van der Waals surface area contributed by atoms with Crippen LogP contribution in [0.1, 0.15) is 12.8 Å². The van der Waals surface area contributed by atoms with Gasteiger partial charge in [-0.1, -0.05) is 0 Å². The summed E-state index contributed by atoms with van der Waals surface area (Å²) in [5.74, 6) is 0.164. The summed E-state index contributed by atoms with van der Waals surface area (Å²) in [6, 6.07) is 0. The van der Waals surface area contributed by atoms with Crippen LogP contribution in [0.25, 0.3) is 0 Å². The quantitative estimate of drug-likeness (QED) is 0.395. The maximum atomic E-state index is 10.3. The van der Waals surface area contributed by atoms with Gasteiger partial charge in [0, 0.05) is 6.42 Å². The molecule has 0 unspecified atom stereocenters. The van der Waals surface area contributed by atoms with Gasteiger partial charge in [0.25, 0.3) is 0 Å². The molecule has 0 atom stereocenters. The molecule has 1 aliphatic carbocycles. The van der Waals surface area contributed by atoms with E-state index in [1.807, 2.05) is 0 Å². The van der Waals surface area contributed by atoms with Gasteiger partial charge in [-0.05, 0) is 12.5 Å². The zero-order valence-electron chi connectivity index (χ0n) is 3.98. The van der Waals surface area contributed by atoms with E-state index in [2.05, 4.69) is 0 Å². The average Bonchev–Trinajstić information content (AvgIpc) is 1.87. The molecular formula is C5H5BO. The van der Waals surface area contributed by atoms with Crippen LogP contribution in [0.15, 0.2) is 11.5 Å². The van der Waals surface area contributed by atoms with Crippen LogP contribution in [-0.2, 0) is 4.79 Å². The molecule has 0 fully saturated rings. The van der Waals surface area contributed by atoms with Gasteiger partial charge < -0.3 is 0 Å². The Morgan fingerprint density at radius 3 is 2.43 bits per heavy atom. The maximum absolute atomic E-state index is 10.3. The minimum atomic E-state index is 0.164. The first-order valence-corrected chi connectivity index (χ1v) is 2.28. The Balaban J connectivity index is 2.67. The molecule has 1 aliphatic rings. The van der Waals surface area contributed by atoms with Gasteiger partial charge in [0.1, 0.15) is 7.85 Å². The highest BCUT2D eigenvalue weighted by Gasteiger charge is 2.05. The fourth-order valence-electron chi connectivity index (χ4n) is 0.619. The minimum Gasteiger partial charge on any atom is -0.295 e. The van der Waals surface area contributed by atoms with Crippen molar-refractivity contribution < 1.29 is 4.79 Å². The van der Waals surface area contributed by atoms with E-state index in [1.54, 1.807) is 0 Å². The first-order chi connectivity index (χ1) is 3.29. The van der Waals surface area contributed by atoms with Gasteiger partial charge in [-0.2, -0.15) is 0 Å². The van der Waals surface area contributed by atoms with Gasteiger partial charge in [-0.3, -0.25) is 4.79 Å². The highest BCUT2D eigenvalue weighted by molar-refractivity contribution is 6.25. The minimum absolute atomic E-state index is 0.164. The Bertz CT molecular complexity index is 126. The van der Waals surface area contributed by atoms with Gasteiger partial charge in [-0.25, -0.2) is 0 Å². The Morgan fingerprint density at radius 1 is 1.57 bits per heavy atom. The van der Waals surface area contributed by atoms with Crippen molar-refractivity contribution in [3.8, 4) is 0 Å². The first kappa shape index (κ1) is 4.63. The molecule has 0 N–H and O–H groups in total. The van der Waals surface area contributed by atoms with Crippen molar-refractivity contribution in [2.75, 3.05) is 0 Å². The van der Waals surface area contributed by atoms with Crippen molar-refractivity contribution in [2.45, 2.75) is 12.8 Å². The number of hydrogen-bond acceptors (Lipinski definition) is 1. The topological polar surface area (TPSA) is 17.1 Å². The Hall–Kier alpha value is -0.525. The molecule has 0 aliphatic heterocycles. The monoisotopic (exact) mass is 92.0 g/mol. The van der Waals surface area contributed by atoms with Crippen molar-refractivity contribution in [1.29, 1.82) is 0 Å². The second-order valence-corrected chi connectivity index (χ2v) is 1.69. The molecule has 7 heavy (non-hydrogen) atoms. The smallest absolute Gasteiger partial charge is 0.155 e. The zero-order valence-corrected chi connectivity index (χ0v) is 3.98. The Labute approximate surface area is 43.8 Å². The van der Waals surface area contributed by atoms with E-state index >= 15 is 0 Å². The molecule has 0 heterocycles. The third kappa shape index (κ3) is 0.920. The Morgan fingerprint density at radius 2 is 2.29 bits per heavy atom. The van der Waals surface area contributed by atoms with Crippen molar-refractivity contribution in [1.82, 2.24) is 0 Å². The van der Waals surface area contributed by atoms with Crippen LogP contribution in [0.5, 0.6) is 0 Å². The second kappa shape index (κ2) is 1.53. The van der Waals surface area contributed by atoms with Crippen molar-refractivity contribution in [3.63, 3.8) is 0 Å². The molecule has 2 heteroatoms. The van der Waals surface area contributed by atoms with Crippen LogP contribution in [-0.4, -0.2) is 13.6 Å². The lowest BCUT2D eigenvalue weighted by Crippen LogP contribution is -1.80. The summed E-state index contributed by atoms with van der Waals surface area (Å²) in [7, 11) is 5.27. The van der Waals surface area contributed by atoms with Crippen LogP contribution >= 0.6 is 0 Å². The summed E-state index contributed by atoms with van der Waals surface area (Å²) in [4.78, 5) is 10.3. The second-order valence-electron chi connectivity index (χ2n) is 1.69. The molecule has 0 spiro atoms. The summed E-state index contributed by atoms with van der Waals surface area (Å²) in [5, 5.41) is 0. The van der Waals surface area contributed by atoms with E-state index in [-0.39, 0.29) is 5.78 Å². The number of carbonyl (C=O) groups is 1. The van der Waals surface area contributed by atoms with Crippen LogP contribution in [0.2, 0.25) is 0 Å². The number of ketones is 1. The van der Waals surface area contributed by atoms with E-state index in [0.29, 0.717) is 6.42 Å². The highest BCUT2D eigenvalue weighted by atomic mass is 16.1. The van der Waals surface area contributed by atoms with E-state index in [1.165, 1.54) is 6.08 Å². The largest absolute Gasteiger partial charge is 0.295 e. The molecule has 0 aromatic carbocycles. The summed E-state index contributed by atoms with van der Waals surface area (Å²) in [6.07, 6.45) is 2.88. The first-order valence-electron chi connectivity index (χ1n) is 2.28. The van der Waals surface area contributed by atoms with Gasteiger partial charge in [-0.15, -0.1) is 5.47 Å². The highest BCUT2D eigenvalue weighted by Crippen LogP contribution is 2.09. The van der Waals surface area contributed by atoms with Crippen molar-refractivity contribution >= 4 is 13.6 Å². The fraction of sp³-hybridized carbons (Fsp3) is 0.400. The number of carbonyl (C=O) groups excluding carboxylic acids is 1. The standard InChI is InChI=1S/C5H5BO/c6-4-1-2-5(7)3-4/h3H,1-2H2. The predicted octanol–water partition coefficient (Wildman–Crippen LogP) is 0.402. The van der Waals surface area contributed by atoms with Gasteiger partial charge in [0.2, 0.25) is 0 Å². The van der Waals surface area contributed by atoms with Crippen LogP contribution < -0.4 is 0 Å². The summed E-state index contributed by atoms with van der Waals surface area (Å²) >= 11 is 0. The van der Waals surface area contributed by atoms with Gasteiger partial charge in [0.05, 0.1) is 0 Å². The van der Waals surface area contributed by atoms with E-state index in [9.17, 15) is 4.79 Å². The number of rotatable bonds is 0. The lowest BCUT2D eigenvalue weighted by molar-refractivity contribution is -0.114. The molecule has 0 bridgehead atoms. The maximum Gasteiger partial charge on any atom is 0.155 e. The molecule has 2 radical (unpaired) electrons. The molecule has 0 amide bonds. The molecule has 0 aromatic rings. The number of allylic oxidation sites excluding steroid dienone is 2. The fourth-order valence-corrected chi connectivity index (χ4v) is 0.619. The zero-order chi connectivity index (χ0) is 5.28. The molecular weight excluding hydrogens is 86.9 g/mol. The number of hydrogen-bond donors (Lipinski definition) is 0. The average molecular weight is 91.9 g/mol. The SMILES string of the molecule is [B]C1=CC(=O)CC1. The van der Waals surface area contributed by atoms with E-state index < -0.39 is 0 Å². The van der Waals surface area contributed by atoms with E-state index in [0.717, 1.165) is 11.9 Å². The van der Waals surface area contributed by atoms with Crippen LogP contribution in [0.3, 0.4) is 0 Å². The Kier molecular flexibility index (Phi) is 1.01. The third-order valence-corrected chi connectivity index (χ3v) is 1.01. The molecule has 0 saturated heterocycles. The van der Waals surface area contributed by atoms with Crippen molar-refractivity contribution in [3.05, 3.63) is 11.5 Å². The lowest BCUT2D eigenvalue weighted by Gasteiger charge is -1.78. The normalized spacial score (nSPS) is 20.0. The van der Waals surface area contributed by atoms with Crippen LogP contribution in [0.4, 0.5) is 0 Å². The lowest BCUT2D eigenvalue weighted by atomic mass is 9.96. The molecule has 0 saturated carbocycles. The summed E-state index contributed by atoms with van der Waals surface area (Å²) in [5.41, 5.74) is 0.727. The molecule has 34 valence electrons. The van der Waals surface area contributed by atoms with Gasteiger partial charge in [0.15, 0.2) is 5.78 Å². The van der Waals surface area contributed by atoms with Crippen molar-refractivity contribution in [2.24, 2.45) is 0 Å². The van der Waals surface area contributed by atoms with E-state index in [4.69, 9.17) is 7.85 Å². The predicted molar refractivity (Wildman–Crippen MR) is 28.1 cm³/mol. The van der Waals surface area contributed by atoms with Crippen LogP contribution in [0, 0.1) is 0 Å². The summed E-state index contributed by atoms with van der Waals surface area (Å²) in [6.45, 7) is 0. The van der Waals surface area contributed by atoms with Gasteiger partial charge >= 0.3 is 0 Å². The third-order valence-electron chi connectivity index (χ3n) is 1.01. The molecule has 0 aromatic heterocycles.